The molecule has 0 fully saturated rings. The number of benzene rings is 1. The third-order valence-electron chi connectivity index (χ3n) is 2.58. The first-order valence-corrected chi connectivity index (χ1v) is 6.32. The molecule has 1 aromatic rings. The molecule has 1 rings (SSSR count). The number of rotatable bonds is 8. The van der Waals surface area contributed by atoms with Crippen molar-refractivity contribution in [3.8, 4) is 11.5 Å². The molecule has 0 unspecified atom stereocenters. The van der Waals surface area contributed by atoms with Crippen molar-refractivity contribution < 1.29 is 19.0 Å². The Balaban J connectivity index is 2.47. The second-order valence-electron chi connectivity index (χ2n) is 4.00. The van der Waals surface area contributed by atoms with E-state index in [1.165, 1.54) is 0 Å². The number of methoxy groups -OCH3 is 2. The van der Waals surface area contributed by atoms with Crippen LogP contribution in [-0.4, -0.2) is 33.3 Å². The highest BCUT2D eigenvalue weighted by Crippen LogP contribution is 2.29. The molecule has 0 atom stereocenters. The summed E-state index contributed by atoms with van der Waals surface area (Å²) in [6, 6.07) is 5.38. The second kappa shape index (κ2) is 8.24. The fourth-order valence-corrected chi connectivity index (χ4v) is 1.50. The van der Waals surface area contributed by atoms with Crippen molar-refractivity contribution in [1.82, 2.24) is 0 Å². The Labute approximate surface area is 113 Å². The third kappa shape index (κ3) is 5.07. The van der Waals surface area contributed by atoms with Gasteiger partial charge < -0.3 is 19.5 Å². The molecule has 0 aromatic heterocycles. The van der Waals surface area contributed by atoms with Crippen LogP contribution in [0.1, 0.15) is 19.8 Å². The Hall–Kier alpha value is -1.91. The van der Waals surface area contributed by atoms with Crippen molar-refractivity contribution >= 4 is 11.7 Å². The molecule has 0 bridgehead atoms. The smallest absolute Gasteiger partial charge is 0.325 e. The van der Waals surface area contributed by atoms with Gasteiger partial charge in [0.05, 0.1) is 20.8 Å². The van der Waals surface area contributed by atoms with E-state index in [0.29, 0.717) is 18.1 Å². The monoisotopic (exact) mass is 267 g/mol. The SMILES string of the molecule is CCCCOC(=O)CNc1ccc(OC)c(OC)c1. The lowest BCUT2D eigenvalue weighted by atomic mass is 10.2. The van der Waals surface area contributed by atoms with Crippen molar-refractivity contribution in [2.24, 2.45) is 0 Å². The Bertz CT molecular complexity index is 406. The standard InChI is InChI=1S/C14H21NO4/c1-4-5-8-19-14(16)10-15-11-6-7-12(17-2)13(9-11)18-3/h6-7,9,15H,4-5,8,10H2,1-3H3. The van der Waals surface area contributed by atoms with Crippen LogP contribution in [0.3, 0.4) is 0 Å². The molecule has 1 N–H and O–H groups in total. The first kappa shape index (κ1) is 15.1. The zero-order valence-corrected chi connectivity index (χ0v) is 11.7. The highest BCUT2D eigenvalue weighted by Gasteiger charge is 2.06. The van der Waals surface area contributed by atoms with Gasteiger partial charge in [0.1, 0.15) is 6.54 Å². The molecule has 19 heavy (non-hydrogen) atoms. The van der Waals surface area contributed by atoms with Crippen LogP contribution in [0.2, 0.25) is 0 Å². The van der Waals surface area contributed by atoms with Gasteiger partial charge in [0.15, 0.2) is 11.5 Å². The van der Waals surface area contributed by atoms with Crippen LogP contribution < -0.4 is 14.8 Å². The van der Waals surface area contributed by atoms with E-state index in [2.05, 4.69) is 12.2 Å². The summed E-state index contributed by atoms with van der Waals surface area (Å²) >= 11 is 0. The molecule has 0 saturated carbocycles. The Kier molecular flexibility index (Phi) is 6.57. The topological polar surface area (TPSA) is 56.8 Å². The van der Waals surface area contributed by atoms with Crippen LogP contribution in [0.5, 0.6) is 11.5 Å². The van der Waals surface area contributed by atoms with E-state index >= 15 is 0 Å². The van der Waals surface area contributed by atoms with Gasteiger partial charge >= 0.3 is 5.97 Å². The lowest BCUT2D eigenvalue weighted by Gasteiger charge is -2.11. The molecule has 0 aliphatic heterocycles. The van der Waals surface area contributed by atoms with E-state index in [9.17, 15) is 4.79 Å². The molecule has 0 aliphatic carbocycles. The molecular formula is C14H21NO4. The van der Waals surface area contributed by atoms with Gasteiger partial charge in [-0.2, -0.15) is 0 Å². The quantitative estimate of drug-likeness (QED) is 0.579. The summed E-state index contributed by atoms with van der Waals surface area (Å²) in [4.78, 5) is 11.4. The van der Waals surface area contributed by atoms with Crippen LogP contribution in [0.15, 0.2) is 18.2 Å². The number of ether oxygens (including phenoxy) is 3. The van der Waals surface area contributed by atoms with Crippen LogP contribution in [0.4, 0.5) is 5.69 Å². The summed E-state index contributed by atoms with van der Waals surface area (Å²) < 4.78 is 15.4. The van der Waals surface area contributed by atoms with Crippen molar-refractivity contribution in [2.45, 2.75) is 19.8 Å². The minimum atomic E-state index is -0.261. The van der Waals surface area contributed by atoms with Gasteiger partial charge in [0.25, 0.3) is 0 Å². The van der Waals surface area contributed by atoms with E-state index in [1.807, 2.05) is 6.07 Å². The number of nitrogens with one attached hydrogen (secondary N) is 1. The first-order chi connectivity index (χ1) is 9.21. The highest BCUT2D eigenvalue weighted by atomic mass is 16.5. The fraction of sp³-hybridized carbons (Fsp3) is 0.500. The fourth-order valence-electron chi connectivity index (χ4n) is 1.50. The van der Waals surface area contributed by atoms with Crippen LogP contribution in [0.25, 0.3) is 0 Å². The van der Waals surface area contributed by atoms with Crippen molar-refractivity contribution in [3.63, 3.8) is 0 Å². The Morgan fingerprint density at radius 3 is 2.58 bits per heavy atom. The van der Waals surface area contributed by atoms with Gasteiger partial charge in [-0.05, 0) is 18.6 Å². The van der Waals surface area contributed by atoms with Gasteiger partial charge in [-0.25, -0.2) is 0 Å². The summed E-state index contributed by atoms with van der Waals surface area (Å²) in [6.45, 7) is 2.66. The van der Waals surface area contributed by atoms with Gasteiger partial charge in [0.2, 0.25) is 0 Å². The average Bonchev–Trinajstić information content (AvgIpc) is 2.45. The molecule has 1 aromatic carbocycles. The maximum atomic E-state index is 11.4. The maximum absolute atomic E-state index is 11.4. The van der Waals surface area contributed by atoms with Crippen molar-refractivity contribution in [2.75, 3.05) is 32.7 Å². The third-order valence-corrected chi connectivity index (χ3v) is 2.58. The summed E-state index contributed by atoms with van der Waals surface area (Å²) in [5, 5.41) is 2.99. The largest absolute Gasteiger partial charge is 0.493 e. The number of unbranched alkanes of at least 4 members (excludes halogenated alkanes) is 1. The number of esters is 1. The second-order valence-corrected chi connectivity index (χ2v) is 4.00. The molecule has 5 heteroatoms. The van der Waals surface area contributed by atoms with Crippen molar-refractivity contribution in [1.29, 1.82) is 0 Å². The van der Waals surface area contributed by atoms with Crippen LogP contribution in [-0.2, 0) is 9.53 Å². The zero-order valence-electron chi connectivity index (χ0n) is 11.7. The molecule has 0 saturated heterocycles. The van der Waals surface area contributed by atoms with Gasteiger partial charge in [0, 0.05) is 11.8 Å². The van der Waals surface area contributed by atoms with Crippen LogP contribution in [0, 0.1) is 0 Å². The number of hydrogen-bond acceptors (Lipinski definition) is 5. The van der Waals surface area contributed by atoms with E-state index in [1.54, 1.807) is 26.4 Å². The number of hydrogen-bond donors (Lipinski definition) is 1. The summed E-state index contributed by atoms with van der Waals surface area (Å²) in [5.74, 6) is 1.01. The lowest BCUT2D eigenvalue weighted by Crippen LogP contribution is -2.17. The molecule has 0 heterocycles. The molecule has 0 radical (unpaired) electrons. The predicted octanol–water partition coefficient (Wildman–Crippen LogP) is 2.46. The number of anilines is 1. The summed E-state index contributed by atoms with van der Waals surface area (Å²) in [5.41, 5.74) is 0.782. The highest BCUT2D eigenvalue weighted by molar-refractivity contribution is 5.75. The van der Waals surface area contributed by atoms with Gasteiger partial charge in [-0.15, -0.1) is 0 Å². The van der Waals surface area contributed by atoms with Gasteiger partial charge in [-0.1, -0.05) is 13.3 Å². The summed E-state index contributed by atoms with van der Waals surface area (Å²) in [7, 11) is 3.15. The molecule has 0 amide bonds. The predicted molar refractivity (Wildman–Crippen MR) is 73.9 cm³/mol. The molecular weight excluding hydrogens is 246 g/mol. The van der Waals surface area contributed by atoms with Crippen LogP contribution >= 0.6 is 0 Å². The van der Waals surface area contributed by atoms with E-state index in [0.717, 1.165) is 18.5 Å². The lowest BCUT2D eigenvalue weighted by molar-refractivity contribution is -0.141. The normalized spacial score (nSPS) is 9.84. The maximum Gasteiger partial charge on any atom is 0.325 e. The summed E-state index contributed by atoms with van der Waals surface area (Å²) in [6.07, 6.45) is 1.90. The van der Waals surface area contributed by atoms with Gasteiger partial charge in [-0.3, -0.25) is 4.79 Å². The first-order valence-electron chi connectivity index (χ1n) is 6.32. The van der Waals surface area contributed by atoms with Crippen molar-refractivity contribution in [3.05, 3.63) is 18.2 Å². The Morgan fingerprint density at radius 2 is 1.95 bits per heavy atom. The average molecular weight is 267 g/mol. The molecule has 106 valence electrons. The van der Waals surface area contributed by atoms with E-state index < -0.39 is 0 Å². The minimum Gasteiger partial charge on any atom is -0.493 e. The zero-order chi connectivity index (χ0) is 14.1. The molecule has 5 nitrogen and oxygen atoms in total. The molecule has 0 aliphatic rings. The number of carbonyl (C=O) groups excluding carboxylic acids is 1. The van der Waals surface area contributed by atoms with E-state index in [-0.39, 0.29) is 12.5 Å². The minimum absolute atomic E-state index is 0.138. The Morgan fingerprint density at radius 1 is 1.21 bits per heavy atom. The van der Waals surface area contributed by atoms with E-state index in [4.69, 9.17) is 14.2 Å². The number of carbonyl (C=O) groups is 1. The molecule has 0 spiro atoms.